The summed E-state index contributed by atoms with van der Waals surface area (Å²) >= 11 is 0. The Bertz CT molecular complexity index is 592. The number of halogens is 4. The largest absolute Gasteiger partial charge is 0.574 e. The lowest BCUT2D eigenvalue weighted by Gasteiger charge is -2.10. The molecule has 0 fully saturated rings. The summed E-state index contributed by atoms with van der Waals surface area (Å²) in [6.07, 6.45) is -4.45. The predicted octanol–water partition coefficient (Wildman–Crippen LogP) is 1.51. The molecule has 0 bridgehead atoms. The van der Waals surface area contributed by atoms with Gasteiger partial charge in [0.1, 0.15) is 4.90 Å². The number of ether oxygens (including phenoxy) is 1. The number of nitrogens with one attached hydrogen (secondary N) is 1. The van der Waals surface area contributed by atoms with Crippen molar-refractivity contribution in [2.24, 2.45) is 0 Å². The summed E-state index contributed by atoms with van der Waals surface area (Å²) in [6.45, 7) is 0.978. The van der Waals surface area contributed by atoms with E-state index in [0.717, 1.165) is 6.92 Å². The number of alkyl halides is 3. The highest BCUT2D eigenvalue weighted by atomic mass is 35.7. The molecule has 0 aliphatic rings. The SMILES string of the molecule is Cc1c(OC(F)(F)F)[nH]cc(S(=O)(=O)Cl)c1=O. The number of hydrogen-bond acceptors (Lipinski definition) is 4. The first-order valence-electron chi connectivity index (χ1n) is 3.95. The topological polar surface area (TPSA) is 76.2 Å². The molecule has 0 saturated carbocycles. The van der Waals surface area contributed by atoms with Crippen LogP contribution in [0.1, 0.15) is 5.56 Å². The zero-order valence-electron chi connectivity index (χ0n) is 8.13. The molecule has 96 valence electrons. The van der Waals surface area contributed by atoms with Gasteiger partial charge in [0.2, 0.25) is 11.3 Å². The minimum absolute atomic E-state index is 0.538. The monoisotopic (exact) mass is 291 g/mol. The smallest absolute Gasteiger partial charge is 0.390 e. The average Bonchev–Trinajstić information content (AvgIpc) is 2.08. The number of rotatable bonds is 2. The molecular weight excluding hydrogens is 287 g/mol. The van der Waals surface area contributed by atoms with E-state index in [0.29, 0.717) is 6.20 Å². The predicted molar refractivity (Wildman–Crippen MR) is 51.5 cm³/mol. The number of pyridine rings is 1. The lowest BCUT2D eigenvalue weighted by Crippen LogP contribution is -2.22. The Morgan fingerprint density at radius 2 is 1.94 bits per heavy atom. The van der Waals surface area contributed by atoms with Crippen molar-refractivity contribution in [1.29, 1.82) is 0 Å². The van der Waals surface area contributed by atoms with Crippen LogP contribution in [0.4, 0.5) is 13.2 Å². The summed E-state index contributed by atoms with van der Waals surface area (Å²) in [7, 11) is 0.586. The summed E-state index contributed by atoms with van der Waals surface area (Å²) in [6, 6.07) is 0. The van der Waals surface area contributed by atoms with Crippen LogP contribution in [0.25, 0.3) is 0 Å². The molecule has 0 aromatic carbocycles. The molecule has 1 heterocycles. The minimum atomic E-state index is -4.99. The maximum Gasteiger partial charge on any atom is 0.574 e. The van der Waals surface area contributed by atoms with E-state index in [4.69, 9.17) is 10.7 Å². The molecule has 0 aliphatic carbocycles. The van der Waals surface area contributed by atoms with Gasteiger partial charge >= 0.3 is 6.36 Å². The number of aromatic nitrogens is 1. The van der Waals surface area contributed by atoms with Crippen molar-refractivity contribution in [2.45, 2.75) is 18.2 Å². The molecule has 1 N–H and O–H groups in total. The van der Waals surface area contributed by atoms with Gasteiger partial charge in [-0.1, -0.05) is 0 Å². The van der Waals surface area contributed by atoms with Crippen LogP contribution < -0.4 is 10.2 Å². The molecule has 0 aliphatic heterocycles. The van der Waals surface area contributed by atoms with Crippen molar-refractivity contribution in [2.75, 3.05) is 0 Å². The Labute approximate surface area is 97.6 Å². The van der Waals surface area contributed by atoms with Gasteiger partial charge in [0.05, 0.1) is 5.56 Å². The third kappa shape index (κ3) is 3.37. The summed E-state index contributed by atoms with van der Waals surface area (Å²) in [4.78, 5) is 12.5. The molecule has 1 rings (SSSR count). The Morgan fingerprint density at radius 1 is 1.41 bits per heavy atom. The van der Waals surface area contributed by atoms with Crippen molar-refractivity contribution < 1.29 is 26.3 Å². The van der Waals surface area contributed by atoms with E-state index in [1.54, 1.807) is 0 Å². The highest BCUT2D eigenvalue weighted by molar-refractivity contribution is 8.13. The Balaban J connectivity index is 3.36. The third-order valence-electron chi connectivity index (χ3n) is 1.72. The maximum absolute atomic E-state index is 11.9. The van der Waals surface area contributed by atoms with Gasteiger partial charge in [0.25, 0.3) is 9.05 Å². The second-order valence-electron chi connectivity index (χ2n) is 2.92. The van der Waals surface area contributed by atoms with Gasteiger partial charge < -0.3 is 9.72 Å². The molecule has 0 atom stereocenters. The fraction of sp³-hybridized carbons (Fsp3) is 0.286. The van der Waals surface area contributed by atoms with Crippen LogP contribution >= 0.6 is 10.7 Å². The summed E-state index contributed by atoms with van der Waals surface area (Å²) in [5.41, 5.74) is -1.69. The van der Waals surface area contributed by atoms with Gasteiger partial charge in [-0.25, -0.2) is 8.42 Å². The van der Waals surface area contributed by atoms with E-state index in [1.165, 1.54) is 0 Å². The average molecular weight is 292 g/mol. The first-order chi connectivity index (χ1) is 7.52. The number of aromatic amines is 1. The fourth-order valence-electron chi connectivity index (χ4n) is 0.996. The number of hydrogen-bond donors (Lipinski definition) is 1. The van der Waals surface area contributed by atoms with Crippen molar-refractivity contribution in [1.82, 2.24) is 4.98 Å². The van der Waals surface area contributed by atoms with E-state index in [-0.39, 0.29) is 0 Å². The number of H-pyrrole nitrogens is 1. The molecule has 0 unspecified atom stereocenters. The van der Waals surface area contributed by atoms with Crippen molar-refractivity contribution >= 4 is 19.7 Å². The van der Waals surface area contributed by atoms with Crippen molar-refractivity contribution in [3.63, 3.8) is 0 Å². The van der Waals surface area contributed by atoms with Crippen molar-refractivity contribution in [3.8, 4) is 5.88 Å². The second-order valence-corrected chi connectivity index (χ2v) is 5.46. The lowest BCUT2D eigenvalue weighted by atomic mass is 10.3. The van der Waals surface area contributed by atoms with Crippen molar-refractivity contribution in [3.05, 3.63) is 22.0 Å². The zero-order valence-corrected chi connectivity index (χ0v) is 9.70. The van der Waals surface area contributed by atoms with Crippen LogP contribution in [0.15, 0.2) is 15.9 Å². The standard InChI is InChI=1S/C7H5ClF3NO4S/c1-3-5(13)4(17(8,14)15)2-12-6(3)16-7(9,10)11/h2H,1H3,(H,12,13). The van der Waals surface area contributed by atoms with E-state index < -0.39 is 37.2 Å². The summed E-state index contributed by atoms with van der Waals surface area (Å²) in [5.74, 6) is -0.883. The summed E-state index contributed by atoms with van der Waals surface area (Å²) in [5, 5.41) is 0. The van der Waals surface area contributed by atoms with E-state index in [9.17, 15) is 26.4 Å². The Kier molecular flexibility index (Phi) is 3.44. The molecule has 10 heteroatoms. The van der Waals surface area contributed by atoms with E-state index in [2.05, 4.69) is 4.74 Å². The van der Waals surface area contributed by atoms with Crippen LogP contribution in [0.5, 0.6) is 5.88 Å². The van der Waals surface area contributed by atoms with Gasteiger partial charge in [-0.2, -0.15) is 0 Å². The maximum atomic E-state index is 11.9. The Morgan fingerprint density at radius 3 is 2.35 bits per heavy atom. The van der Waals surface area contributed by atoms with E-state index in [1.807, 2.05) is 4.98 Å². The minimum Gasteiger partial charge on any atom is -0.390 e. The molecule has 0 spiro atoms. The molecule has 5 nitrogen and oxygen atoms in total. The fourth-order valence-corrected chi connectivity index (χ4v) is 1.91. The highest BCUT2D eigenvalue weighted by Gasteiger charge is 2.33. The molecular formula is C7H5ClF3NO4S. The van der Waals surface area contributed by atoms with Crippen LogP contribution in [0, 0.1) is 6.92 Å². The highest BCUT2D eigenvalue weighted by Crippen LogP contribution is 2.23. The molecule has 0 amide bonds. The van der Waals surface area contributed by atoms with E-state index >= 15 is 0 Å². The quantitative estimate of drug-likeness (QED) is 0.838. The first kappa shape index (κ1) is 13.8. The third-order valence-corrected chi connectivity index (χ3v) is 3.05. The molecule has 1 aromatic heterocycles. The second kappa shape index (κ2) is 4.22. The molecule has 0 saturated heterocycles. The Hall–Kier alpha value is -1.22. The molecule has 17 heavy (non-hydrogen) atoms. The molecule has 0 radical (unpaired) electrons. The lowest BCUT2D eigenvalue weighted by molar-refractivity contribution is -0.276. The van der Waals surface area contributed by atoms with Crippen LogP contribution in [-0.2, 0) is 9.05 Å². The van der Waals surface area contributed by atoms with Gasteiger partial charge in [0.15, 0.2) is 0 Å². The zero-order chi connectivity index (χ0) is 13.4. The first-order valence-corrected chi connectivity index (χ1v) is 6.26. The van der Waals surface area contributed by atoms with Gasteiger partial charge in [-0.05, 0) is 6.92 Å². The van der Waals surface area contributed by atoms with Gasteiger partial charge in [-0.3, -0.25) is 4.79 Å². The summed E-state index contributed by atoms with van der Waals surface area (Å²) < 4.78 is 61.0. The van der Waals surface area contributed by atoms with Crippen LogP contribution in [0.3, 0.4) is 0 Å². The van der Waals surface area contributed by atoms with Gasteiger partial charge in [-0.15, -0.1) is 13.2 Å². The van der Waals surface area contributed by atoms with Gasteiger partial charge in [0, 0.05) is 16.9 Å². The normalized spacial score (nSPS) is 12.5. The van der Waals surface area contributed by atoms with Crippen LogP contribution in [-0.4, -0.2) is 19.8 Å². The molecule has 1 aromatic rings. The van der Waals surface area contributed by atoms with Crippen LogP contribution in [0.2, 0.25) is 0 Å².